The Hall–Kier alpha value is -7.06. The van der Waals surface area contributed by atoms with Gasteiger partial charge in [0.15, 0.2) is 0 Å². The van der Waals surface area contributed by atoms with Gasteiger partial charge in [0, 0.05) is 0 Å². The van der Waals surface area contributed by atoms with Crippen LogP contribution >= 0.6 is 0 Å². The molecule has 0 saturated carbocycles. The van der Waals surface area contributed by atoms with E-state index < -0.39 is 8.80 Å². The van der Waals surface area contributed by atoms with Gasteiger partial charge in [-0.1, -0.05) is 225 Å². The van der Waals surface area contributed by atoms with Crippen molar-refractivity contribution in [2.24, 2.45) is 0 Å². The van der Waals surface area contributed by atoms with Gasteiger partial charge in [0.25, 0.3) is 0 Å². The molecule has 0 N–H and O–H groups in total. The van der Waals surface area contributed by atoms with Crippen LogP contribution in [0.5, 0.6) is 0 Å². The number of hydrogen-bond acceptors (Lipinski definition) is 0. The Morgan fingerprint density at radius 1 is 0.283 bits per heavy atom. The Labute approximate surface area is 357 Å². The second-order valence-electron chi connectivity index (χ2n) is 15.7. The van der Waals surface area contributed by atoms with Crippen LogP contribution in [0.4, 0.5) is 0 Å². The summed E-state index contributed by atoms with van der Waals surface area (Å²) in [6, 6.07) is 84.2. The molecule has 9 rings (SSSR count). The maximum Gasteiger partial charge on any atom is 0.103 e. The van der Waals surface area contributed by atoms with Crippen molar-refractivity contribution in [3.63, 3.8) is 0 Å². The van der Waals surface area contributed by atoms with Crippen LogP contribution < -0.4 is 0 Å². The summed E-state index contributed by atoms with van der Waals surface area (Å²) in [7, 11) is -1.71. The highest BCUT2D eigenvalue weighted by atomic mass is 28.3. The van der Waals surface area contributed by atoms with Gasteiger partial charge < -0.3 is 0 Å². The quantitative estimate of drug-likeness (QED) is 0.0736. The summed E-state index contributed by atoms with van der Waals surface area (Å²) < 4.78 is 0. The zero-order valence-corrected chi connectivity index (χ0v) is 35.7. The molecule has 1 aliphatic rings. The monoisotopic (exact) mass is 784 g/mol. The summed E-state index contributed by atoms with van der Waals surface area (Å²) in [4.78, 5) is 0. The minimum absolute atomic E-state index is 1.20. The third-order valence-electron chi connectivity index (χ3n) is 12.0. The molecule has 288 valence electrons. The second-order valence-corrected chi connectivity index (χ2v) is 18.3. The van der Waals surface area contributed by atoms with Crippen LogP contribution in [0.1, 0.15) is 58.4 Å². The van der Waals surface area contributed by atoms with Gasteiger partial charge >= 0.3 is 0 Å². The van der Waals surface area contributed by atoms with Crippen molar-refractivity contribution in [2.75, 3.05) is 0 Å². The van der Waals surface area contributed by atoms with Crippen LogP contribution in [-0.2, 0) is 0 Å². The van der Waals surface area contributed by atoms with Crippen LogP contribution in [0, 0.1) is 0 Å². The molecular formula is C59H48Si. The van der Waals surface area contributed by atoms with Crippen molar-refractivity contribution in [1.29, 1.82) is 0 Å². The molecule has 0 amide bonds. The van der Waals surface area contributed by atoms with Gasteiger partial charge in [0.2, 0.25) is 0 Å². The minimum atomic E-state index is -1.71. The van der Waals surface area contributed by atoms with E-state index in [2.05, 4.69) is 251 Å². The van der Waals surface area contributed by atoms with Crippen molar-refractivity contribution in [2.45, 2.75) is 20.4 Å². The molecule has 1 atom stereocenters. The molecule has 1 heteroatoms. The molecule has 0 radical (unpaired) electrons. The minimum Gasteiger partial charge on any atom is -0.0641 e. The van der Waals surface area contributed by atoms with Gasteiger partial charge in [-0.2, -0.15) is 0 Å². The zero-order chi connectivity index (χ0) is 40.8. The lowest BCUT2D eigenvalue weighted by atomic mass is 9.82. The standard InChI is InChI=1S/C59H48Si/c1-42(44-24-10-4-11-25-44)54(45-26-12-5-13-27-45)55(46-28-14-6-15-29-46)43(2)50-36-22-37-51(40-50)52-38-23-39-53(41-52)59-57(48-32-18-8-19-33-48)56(47-30-16-7-17-31-47)58(60(59)3)49-34-20-9-21-35-49/h4-41,60H,1-3H3/b54-42+,55-43+. The Morgan fingerprint density at radius 3 is 1.08 bits per heavy atom. The fourth-order valence-corrected chi connectivity index (χ4v) is 12.3. The maximum absolute atomic E-state index is 2.53. The summed E-state index contributed by atoms with van der Waals surface area (Å²) in [5.74, 6) is 0. The fourth-order valence-electron chi connectivity index (χ4n) is 9.14. The SMILES string of the molecule is C/C(=C(\C(=C(/C)c1cccc(-c2cccc(C3=C(c4ccccc4)C(c4ccccc4)=C(c4ccccc4)[SiH]3C)c2)c1)c1ccccc1)c1ccccc1)c1ccccc1. The van der Waals surface area contributed by atoms with Crippen molar-refractivity contribution >= 4 is 52.6 Å². The smallest absolute Gasteiger partial charge is 0.0641 e. The van der Waals surface area contributed by atoms with Gasteiger partial charge in [-0.3, -0.25) is 0 Å². The Bertz CT molecular complexity index is 2880. The largest absolute Gasteiger partial charge is 0.103 e. The Kier molecular flexibility index (Phi) is 11.2. The predicted octanol–water partition coefficient (Wildman–Crippen LogP) is 15.4. The molecule has 0 bridgehead atoms. The molecule has 0 spiro atoms. The first-order chi connectivity index (χ1) is 29.6. The highest BCUT2D eigenvalue weighted by Crippen LogP contribution is 2.51. The normalized spacial score (nSPS) is 14.8. The second kappa shape index (κ2) is 17.4. The lowest BCUT2D eigenvalue weighted by molar-refractivity contribution is 1.51. The van der Waals surface area contributed by atoms with E-state index in [-0.39, 0.29) is 0 Å². The van der Waals surface area contributed by atoms with E-state index in [4.69, 9.17) is 0 Å². The van der Waals surface area contributed by atoms with Crippen LogP contribution in [-0.4, -0.2) is 8.80 Å². The molecule has 1 unspecified atom stereocenters. The molecule has 8 aromatic rings. The van der Waals surface area contributed by atoms with E-state index in [1.54, 1.807) is 0 Å². The molecule has 60 heavy (non-hydrogen) atoms. The Morgan fingerprint density at radius 2 is 0.600 bits per heavy atom. The fraction of sp³-hybridized carbons (Fsp3) is 0.0508. The molecule has 0 aliphatic carbocycles. The summed E-state index contributed by atoms with van der Waals surface area (Å²) >= 11 is 0. The summed E-state index contributed by atoms with van der Waals surface area (Å²) in [6.07, 6.45) is 0. The average molecular weight is 785 g/mol. The van der Waals surface area contributed by atoms with E-state index in [1.165, 1.54) is 99.5 Å². The first kappa shape index (κ1) is 38.5. The van der Waals surface area contributed by atoms with Crippen molar-refractivity contribution in [3.8, 4) is 11.1 Å². The average Bonchev–Trinajstić information content (AvgIpc) is 3.64. The molecule has 0 nitrogen and oxygen atoms in total. The molecule has 1 heterocycles. The van der Waals surface area contributed by atoms with Gasteiger partial charge in [0.05, 0.1) is 0 Å². The molecule has 0 aromatic heterocycles. The van der Waals surface area contributed by atoms with Crippen LogP contribution in [0.2, 0.25) is 6.55 Å². The van der Waals surface area contributed by atoms with E-state index in [0.29, 0.717) is 0 Å². The molecule has 0 fully saturated rings. The molecule has 8 aromatic carbocycles. The summed E-state index contributed by atoms with van der Waals surface area (Å²) in [5, 5.41) is 3.00. The van der Waals surface area contributed by atoms with Crippen molar-refractivity contribution in [3.05, 3.63) is 275 Å². The third kappa shape index (κ3) is 7.64. The third-order valence-corrected chi connectivity index (χ3v) is 15.0. The zero-order valence-electron chi connectivity index (χ0n) is 34.5. The topological polar surface area (TPSA) is 0 Å². The van der Waals surface area contributed by atoms with Crippen molar-refractivity contribution < 1.29 is 0 Å². The highest BCUT2D eigenvalue weighted by Gasteiger charge is 2.35. The van der Waals surface area contributed by atoms with Crippen LogP contribution in [0.25, 0.3) is 55.0 Å². The molecular weight excluding hydrogens is 737 g/mol. The van der Waals surface area contributed by atoms with E-state index >= 15 is 0 Å². The maximum atomic E-state index is 2.53. The first-order valence-electron chi connectivity index (χ1n) is 21.0. The van der Waals surface area contributed by atoms with Crippen molar-refractivity contribution in [1.82, 2.24) is 0 Å². The highest BCUT2D eigenvalue weighted by molar-refractivity contribution is 6.99. The van der Waals surface area contributed by atoms with Gasteiger partial charge in [-0.15, -0.1) is 0 Å². The predicted molar refractivity (Wildman–Crippen MR) is 262 cm³/mol. The first-order valence-corrected chi connectivity index (χ1v) is 23.3. The lowest BCUT2D eigenvalue weighted by Crippen LogP contribution is -2.11. The molecule has 0 saturated heterocycles. The van der Waals surface area contributed by atoms with Crippen LogP contribution in [0.3, 0.4) is 0 Å². The molecule has 1 aliphatic heterocycles. The van der Waals surface area contributed by atoms with E-state index in [9.17, 15) is 0 Å². The number of benzene rings is 8. The van der Waals surface area contributed by atoms with Crippen LogP contribution in [0.15, 0.2) is 231 Å². The summed E-state index contributed by atoms with van der Waals surface area (Å²) in [5.41, 5.74) is 20.2. The van der Waals surface area contributed by atoms with Gasteiger partial charge in [-0.05, 0) is 125 Å². The van der Waals surface area contributed by atoms with Gasteiger partial charge in [0.1, 0.15) is 8.80 Å². The van der Waals surface area contributed by atoms with E-state index in [0.717, 1.165) is 0 Å². The lowest BCUT2D eigenvalue weighted by Gasteiger charge is -2.21. The Balaban J connectivity index is 1.21. The van der Waals surface area contributed by atoms with Gasteiger partial charge in [-0.25, -0.2) is 0 Å². The number of allylic oxidation sites excluding steroid dienone is 6. The van der Waals surface area contributed by atoms with E-state index in [1.807, 2.05) is 0 Å². The summed E-state index contributed by atoms with van der Waals surface area (Å²) in [6.45, 7) is 7.09. The number of hydrogen-bond donors (Lipinski definition) is 0. The number of rotatable bonds is 10.